The Balaban J connectivity index is 1.68. The summed E-state index contributed by atoms with van der Waals surface area (Å²) in [5.74, 6) is -0.507. The first-order valence-corrected chi connectivity index (χ1v) is 9.44. The molecule has 2 fully saturated rings. The number of hydrogen-bond acceptors (Lipinski definition) is 7. The van der Waals surface area contributed by atoms with Crippen LogP contribution in [0.5, 0.6) is 5.88 Å². The zero-order valence-corrected chi connectivity index (χ0v) is 16.6. The lowest BCUT2D eigenvalue weighted by Crippen LogP contribution is -2.47. The Morgan fingerprint density at radius 2 is 2.03 bits per heavy atom. The largest absolute Gasteiger partial charge is 0.469 e. The Hall–Kier alpha value is -2.30. The summed E-state index contributed by atoms with van der Waals surface area (Å²) in [7, 11) is 0. The van der Waals surface area contributed by atoms with Gasteiger partial charge in [-0.3, -0.25) is 0 Å². The quantitative estimate of drug-likeness (QED) is 0.804. The van der Waals surface area contributed by atoms with Crippen LogP contribution in [0.3, 0.4) is 0 Å². The molecule has 8 nitrogen and oxygen atoms in total. The standard InChI is InChI=1S/C18H25F3N4O4/c1-17(2,3)29-16(26)25-6-4-5-11(8-25)23-15-22-7-13(18(19,20)21)14(24-15)28-12-9-27-10-12/h7,11-12H,4-6,8-10H2,1-3H3,(H,22,23,24)/t11-/m1/s1. The minimum Gasteiger partial charge on any atom is -0.469 e. The molecule has 2 aliphatic heterocycles. The number of nitrogens with one attached hydrogen (secondary N) is 1. The van der Waals surface area contributed by atoms with E-state index in [1.54, 1.807) is 25.7 Å². The molecule has 0 unspecified atom stereocenters. The average molecular weight is 418 g/mol. The molecule has 162 valence electrons. The number of carbonyl (C=O) groups is 1. The first-order valence-electron chi connectivity index (χ1n) is 9.44. The van der Waals surface area contributed by atoms with Gasteiger partial charge in [0.1, 0.15) is 17.3 Å². The van der Waals surface area contributed by atoms with Crippen LogP contribution in [0.4, 0.5) is 23.9 Å². The topological polar surface area (TPSA) is 85.8 Å². The number of nitrogens with zero attached hydrogens (tertiary/aromatic N) is 3. The molecule has 0 aromatic carbocycles. The molecule has 3 rings (SSSR count). The lowest BCUT2D eigenvalue weighted by molar-refractivity contribution is -0.142. The smallest absolute Gasteiger partial charge is 0.423 e. The molecule has 0 spiro atoms. The molecule has 0 radical (unpaired) electrons. The fourth-order valence-corrected chi connectivity index (χ4v) is 2.93. The van der Waals surface area contributed by atoms with Gasteiger partial charge in [-0.25, -0.2) is 9.78 Å². The highest BCUT2D eigenvalue weighted by molar-refractivity contribution is 5.68. The average Bonchev–Trinajstić information content (AvgIpc) is 2.56. The zero-order valence-electron chi connectivity index (χ0n) is 16.6. The fourth-order valence-electron chi connectivity index (χ4n) is 2.93. The Labute approximate surface area is 166 Å². The van der Waals surface area contributed by atoms with Crippen molar-refractivity contribution in [2.75, 3.05) is 31.6 Å². The molecule has 1 aromatic rings. The highest BCUT2D eigenvalue weighted by Crippen LogP contribution is 2.36. The van der Waals surface area contributed by atoms with Crippen molar-refractivity contribution in [2.24, 2.45) is 0 Å². The van der Waals surface area contributed by atoms with Gasteiger partial charge in [-0.15, -0.1) is 0 Å². The minimum atomic E-state index is -4.63. The molecule has 3 heterocycles. The van der Waals surface area contributed by atoms with E-state index in [0.29, 0.717) is 19.3 Å². The van der Waals surface area contributed by atoms with Gasteiger partial charge in [-0.05, 0) is 33.6 Å². The SMILES string of the molecule is CC(C)(C)OC(=O)N1CCC[C@@H](Nc2ncc(C(F)(F)F)c(OC3COC3)n2)C1. The summed E-state index contributed by atoms with van der Waals surface area (Å²) in [4.78, 5) is 21.6. The Kier molecular flexibility index (Phi) is 6.06. The lowest BCUT2D eigenvalue weighted by Gasteiger charge is -2.34. The maximum atomic E-state index is 13.2. The van der Waals surface area contributed by atoms with Gasteiger partial charge >= 0.3 is 12.3 Å². The van der Waals surface area contributed by atoms with Crippen molar-refractivity contribution in [2.45, 2.75) is 57.5 Å². The molecule has 1 N–H and O–H groups in total. The molecule has 0 aliphatic carbocycles. The Morgan fingerprint density at radius 1 is 1.31 bits per heavy atom. The van der Waals surface area contributed by atoms with Crippen LogP contribution in [0.1, 0.15) is 39.2 Å². The first kappa shape index (κ1) is 21.4. The molecule has 11 heteroatoms. The van der Waals surface area contributed by atoms with Crippen LogP contribution in [0.25, 0.3) is 0 Å². The van der Waals surface area contributed by atoms with E-state index in [1.165, 1.54) is 0 Å². The number of carbonyl (C=O) groups excluding carboxylic acids is 1. The number of hydrogen-bond donors (Lipinski definition) is 1. The van der Waals surface area contributed by atoms with Crippen LogP contribution in [0.2, 0.25) is 0 Å². The van der Waals surface area contributed by atoms with Crippen molar-refractivity contribution in [3.05, 3.63) is 11.8 Å². The fraction of sp³-hybridized carbons (Fsp3) is 0.722. The van der Waals surface area contributed by atoms with E-state index in [0.717, 1.165) is 12.8 Å². The molecule has 1 atom stereocenters. The van der Waals surface area contributed by atoms with Gasteiger partial charge in [-0.2, -0.15) is 18.2 Å². The molecule has 2 saturated heterocycles. The monoisotopic (exact) mass is 418 g/mol. The molecule has 0 saturated carbocycles. The van der Waals surface area contributed by atoms with Crippen LogP contribution in [0.15, 0.2) is 6.20 Å². The Morgan fingerprint density at radius 3 is 2.62 bits per heavy atom. The molecule has 2 aliphatic rings. The molecule has 1 aromatic heterocycles. The van der Waals surface area contributed by atoms with E-state index in [1.807, 2.05) is 0 Å². The van der Waals surface area contributed by atoms with Crippen LogP contribution in [0, 0.1) is 0 Å². The van der Waals surface area contributed by atoms with Crippen molar-refractivity contribution in [3.8, 4) is 5.88 Å². The number of rotatable bonds is 4. The number of alkyl halides is 3. The van der Waals surface area contributed by atoms with Crippen LogP contribution in [-0.4, -0.2) is 65.0 Å². The van der Waals surface area contributed by atoms with Gasteiger partial charge in [-0.1, -0.05) is 0 Å². The lowest BCUT2D eigenvalue weighted by atomic mass is 10.1. The first-order chi connectivity index (χ1) is 13.5. The minimum absolute atomic E-state index is 0.0179. The molecule has 1 amide bonds. The number of likely N-dealkylation sites (tertiary alicyclic amines) is 1. The second-order valence-corrected chi connectivity index (χ2v) is 8.10. The summed E-state index contributed by atoms with van der Waals surface area (Å²) >= 11 is 0. The molecule has 29 heavy (non-hydrogen) atoms. The zero-order chi connectivity index (χ0) is 21.2. The van der Waals surface area contributed by atoms with Gasteiger partial charge < -0.3 is 24.4 Å². The van der Waals surface area contributed by atoms with E-state index in [2.05, 4.69) is 15.3 Å². The third kappa shape index (κ3) is 5.84. The van der Waals surface area contributed by atoms with Crippen molar-refractivity contribution >= 4 is 12.0 Å². The van der Waals surface area contributed by atoms with Gasteiger partial charge in [0.2, 0.25) is 11.8 Å². The van der Waals surface area contributed by atoms with Gasteiger partial charge in [0.25, 0.3) is 0 Å². The maximum Gasteiger partial charge on any atom is 0.423 e. The van der Waals surface area contributed by atoms with Crippen LogP contribution >= 0.6 is 0 Å². The number of ether oxygens (including phenoxy) is 3. The summed E-state index contributed by atoms with van der Waals surface area (Å²) in [6.45, 7) is 6.69. The number of piperidine rings is 1. The van der Waals surface area contributed by atoms with E-state index in [-0.39, 0.29) is 25.2 Å². The highest BCUT2D eigenvalue weighted by atomic mass is 19.4. The molecule has 0 bridgehead atoms. The number of halogens is 3. The normalized spacial score (nSPS) is 20.8. The summed E-state index contributed by atoms with van der Waals surface area (Å²) < 4.78 is 55.3. The Bertz CT molecular complexity index is 735. The summed E-state index contributed by atoms with van der Waals surface area (Å²) in [5, 5.41) is 3.01. The molecular formula is C18H25F3N4O4. The van der Waals surface area contributed by atoms with E-state index < -0.39 is 35.4 Å². The van der Waals surface area contributed by atoms with E-state index in [4.69, 9.17) is 14.2 Å². The van der Waals surface area contributed by atoms with Crippen molar-refractivity contribution in [3.63, 3.8) is 0 Å². The summed E-state index contributed by atoms with van der Waals surface area (Å²) in [6, 6.07) is -0.215. The van der Waals surface area contributed by atoms with Crippen LogP contribution in [-0.2, 0) is 15.7 Å². The van der Waals surface area contributed by atoms with Crippen molar-refractivity contribution in [1.29, 1.82) is 0 Å². The highest BCUT2D eigenvalue weighted by Gasteiger charge is 2.38. The third-order valence-corrected chi connectivity index (χ3v) is 4.35. The summed E-state index contributed by atoms with van der Waals surface area (Å²) in [5.41, 5.74) is -1.64. The van der Waals surface area contributed by atoms with E-state index in [9.17, 15) is 18.0 Å². The van der Waals surface area contributed by atoms with Crippen molar-refractivity contribution in [1.82, 2.24) is 14.9 Å². The van der Waals surface area contributed by atoms with Crippen LogP contribution < -0.4 is 10.1 Å². The van der Waals surface area contributed by atoms with Gasteiger partial charge in [0.05, 0.1) is 13.2 Å². The maximum absolute atomic E-state index is 13.2. The number of amides is 1. The molecular weight excluding hydrogens is 393 g/mol. The number of anilines is 1. The third-order valence-electron chi connectivity index (χ3n) is 4.35. The predicted molar refractivity (Wildman–Crippen MR) is 96.7 cm³/mol. The van der Waals surface area contributed by atoms with Gasteiger partial charge in [0, 0.05) is 25.3 Å². The van der Waals surface area contributed by atoms with E-state index >= 15 is 0 Å². The summed E-state index contributed by atoms with van der Waals surface area (Å²) in [6.07, 6.45) is -3.37. The second kappa shape index (κ2) is 8.21. The number of aromatic nitrogens is 2. The predicted octanol–water partition coefficient (Wildman–Crippen LogP) is 3.08. The second-order valence-electron chi connectivity index (χ2n) is 8.10. The van der Waals surface area contributed by atoms with Crippen molar-refractivity contribution < 1.29 is 32.2 Å². The van der Waals surface area contributed by atoms with Gasteiger partial charge in [0.15, 0.2) is 0 Å².